The minimum Gasteiger partial charge on any atom is -0.437 e. The summed E-state index contributed by atoms with van der Waals surface area (Å²) >= 11 is 1.79. The Bertz CT molecular complexity index is 1230. The van der Waals surface area contributed by atoms with Crippen LogP contribution in [0, 0.1) is 13.8 Å². The molecule has 3 aromatic heterocycles. The minimum atomic E-state index is 0.713. The fourth-order valence-corrected chi connectivity index (χ4v) is 4.31. The molecule has 0 bridgehead atoms. The van der Waals surface area contributed by atoms with Gasteiger partial charge in [-0.25, -0.2) is 4.98 Å². The molecule has 116 valence electrons. The number of hydrogen-bond donors (Lipinski definition) is 0. The summed E-state index contributed by atoms with van der Waals surface area (Å²) in [4.78, 5) is 4.54. The van der Waals surface area contributed by atoms with E-state index in [1.807, 2.05) is 13.0 Å². The number of pyridine rings is 1. The molecule has 0 aliphatic heterocycles. The molecule has 0 saturated carbocycles. The van der Waals surface area contributed by atoms with E-state index in [-0.39, 0.29) is 0 Å². The smallest absolute Gasteiger partial charge is 0.227 e. The molecule has 0 saturated heterocycles. The Kier molecular flexibility index (Phi) is 2.82. The van der Waals surface area contributed by atoms with E-state index in [9.17, 15) is 0 Å². The van der Waals surface area contributed by atoms with Crippen LogP contribution in [-0.4, -0.2) is 4.98 Å². The summed E-state index contributed by atoms with van der Waals surface area (Å²) in [5.74, 6) is 0. The van der Waals surface area contributed by atoms with Crippen molar-refractivity contribution in [1.29, 1.82) is 0 Å². The molecule has 0 aliphatic rings. The van der Waals surface area contributed by atoms with Gasteiger partial charge in [0.05, 0.1) is 0 Å². The van der Waals surface area contributed by atoms with Crippen molar-refractivity contribution in [3.05, 3.63) is 65.2 Å². The average Bonchev–Trinajstić information content (AvgIpc) is 3.14. The first-order valence-corrected chi connectivity index (χ1v) is 8.86. The Morgan fingerprint density at radius 2 is 1.79 bits per heavy atom. The summed E-state index contributed by atoms with van der Waals surface area (Å²) in [5, 5.41) is 5.74. The van der Waals surface area contributed by atoms with Crippen molar-refractivity contribution < 1.29 is 4.42 Å². The normalized spacial score (nSPS) is 11.8. The van der Waals surface area contributed by atoms with Crippen molar-refractivity contribution in [3.63, 3.8) is 0 Å². The number of furan rings is 1. The second kappa shape index (κ2) is 4.92. The van der Waals surface area contributed by atoms with Gasteiger partial charge >= 0.3 is 0 Å². The quantitative estimate of drug-likeness (QED) is 0.352. The van der Waals surface area contributed by atoms with Crippen LogP contribution >= 0.6 is 11.3 Å². The number of para-hydroxylation sites is 1. The lowest BCUT2D eigenvalue weighted by Gasteiger charge is -2.03. The molecule has 24 heavy (non-hydrogen) atoms. The van der Waals surface area contributed by atoms with Crippen molar-refractivity contribution >= 4 is 43.5 Å². The number of hydrogen-bond acceptors (Lipinski definition) is 3. The van der Waals surface area contributed by atoms with Crippen molar-refractivity contribution in [2.24, 2.45) is 0 Å². The van der Waals surface area contributed by atoms with Gasteiger partial charge in [-0.1, -0.05) is 30.3 Å². The third-order valence-corrected chi connectivity index (χ3v) is 5.65. The molecule has 2 aromatic carbocycles. The van der Waals surface area contributed by atoms with Crippen molar-refractivity contribution in [2.75, 3.05) is 0 Å². The van der Waals surface area contributed by atoms with E-state index >= 15 is 0 Å². The Morgan fingerprint density at radius 1 is 0.917 bits per heavy atom. The standard InChI is InChI=1S/C21H15NOS/c1-12-11-24-19-10-14(7-9-15(12)19)16-4-3-5-17-18-8-6-13(2)22-21(18)23-20(16)17/h3-11H,1-2H3. The van der Waals surface area contributed by atoms with E-state index in [1.165, 1.54) is 21.2 Å². The van der Waals surface area contributed by atoms with Crippen LogP contribution < -0.4 is 0 Å². The Hall–Kier alpha value is -2.65. The van der Waals surface area contributed by atoms with E-state index < -0.39 is 0 Å². The van der Waals surface area contributed by atoms with Crippen LogP contribution in [0.15, 0.2) is 58.3 Å². The fourth-order valence-electron chi connectivity index (χ4n) is 3.33. The van der Waals surface area contributed by atoms with Gasteiger partial charge in [-0.05, 0) is 53.9 Å². The number of aryl methyl sites for hydroxylation is 2. The molecular formula is C21H15NOS. The maximum absolute atomic E-state index is 6.13. The van der Waals surface area contributed by atoms with Crippen LogP contribution in [-0.2, 0) is 0 Å². The van der Waals surface area contributed by atoms with E-state index in [0.717, 1.165) is 27.6 Å². The van der Waals surface area contributed by atoms with Crippen molar-refractivity contribution in [2.45, 2.75) is 13.8 Å². The van der Waals surface area contributed by atoms with Crippen molar-refractivity contribution in [3.8, 4) is 11.1 Å². The third kappa shape index (κ3) is 1.91. The first-order valence-electron chi connectivity index (χ1n) is 7.98. The third-order valence-electron chi connectivity index (χ3n) is 4.58. The summed E-state index contributed by atoms with van der Waals surface area (Å²) in [7, 11) is 0. The highest BCUT2D eigenvalue weighted by atomic mass is 32.1. The molecule has 0 N–H and O–H groups in total. The van der Waals surface area contributed by atoms with Crippen LogP contribution in [0.3, 0.4) is 0 Å². The summed E-state index contributed by atoms with van der Waals surface area (Å²) < 4.78 is 7.44. The first kappa shape index (κ1) is 13.8. The first-order chi connectivity index (χ1) is 11.7. The summed E-state index contributed by atoms with van der Waals surface area (Å²) in [5.41, 5.74) is 6.24. The number of rotatable bonds is 1. The second-order valence-corrected chi connectivity index (χ2v) is 7.13. The lowest BCUT2D eigenvalue weighted by Crippen LogP contribution is -1.79. The fraction of sp³-hybridized carbons (Fsp3) is 0.0952. The largest absolute Gasteiger partial charge is 0.437 e. The minimum absolute atomic E-state index is 0.713. The molecule has 0 radical (unpaired) electrons. The number of aromatic nitrogens is 1. The Balaban J connectivity index is 1.82. The maximum atomic E-state index is 6.13. The highest BCUT2D eigenvalue weighted by Gasteiger charge is 2.13. The van der Waals surface area contributed by atoms with E-state index in [4.69, 9.17) is 4.42 Å². The van der Waals surface area contributed by atoms with Gasteiger partial charge in [0.15, 0.2) is 0 Å². The molecule has 0 aliphatic carbocycles. The lowest BCUT2D eigenvalue weighted by molar-refractivity contribution is 0.653. The van der Waals surface area contributed by atoms with Gasteiger partial charge in [-0.2, -0.15) is 0 Å². The summed E-state index contributed by atoms with van der Waals surface area (Å²) in [6.07, 6.45) is 0. The van der Waals surface area contributed by atoms with Crippen LogP contribution in [0.1, 0.15) is 11.3 Å². The van der Waals surface area contributed by atoms with Crippen LogP contribution in [0.2, 0.25) is 0 Å². The average molecular weight is 329 g/mol. The lowest BCUT2D eigenvalue weighted by atomic mass is 10.0. The van der Waals surface area contributed by atoms with Gasteiger partial charge in [0.25, 0.3) is 0 Å². The van der Waals surface area contributed by atoms with Crippen LogP contribution in [0.25, 0.3) is 43.3 Å². The molecular weight excluding hydrogens is 314 g/mol. The zero-order valence-corrected chi connectivity index (χ0v) is 14.3. The van der Waals surface area contributed by atoms with Crippen LogP contribution in [0.5, 0.6) is 0 Å². The Morgan fingerprint density at radius 3 is 2.71 bits per heavy atom. The predicted octanol–water partition coefficient (Wildman–Crippen LogP) is 6.48. The number of fused-ring (bicyclic) bond motifs is 4. The molecule has 0 amide bonds. The number of benzene rings is 2. The van der Waals surface area contributed by atoms with Gasteiger partial charge in [0.2, 0.25) is 5.71 Å². The molecule has 0 atom stereocenters. The topological polar surface area (TPSA) is 26.0 Å². The van der Waals surface area contributed by atoms with Gasteiger partial charge in [0.1, 0.15) is 5.58 Å². The second-order valence-electron chi connectivity index (χ2n) is 6.22. The monoisotopic (exact) mass is 329 g/mol. The summed E-state index contributed by atoms with van der Waals surface area (Å²) in [6.45, 7) is 4.15. The molecule has 0 fully saturated rings. The predicted molar refractivity (Wildman–Crippen MR) is 102 cm³/mol. The van der Waals surface area contributed by atoms with E-state index in [0.29, 0.717) is 5.71 Å². The van der Waals surface area contributed by atoms with E-state index in [2.05, 4.69) is 59.8 Å². The van der Waals surface area contributed by atoms with Gasteiger partial charge in [0, 0.05) is 26.7 Å². The molecule has 0 unspecified atom stereocenters. The zero-order valence-electron chi connectivity index (χ0n) is 13.5. The highest BCUT2D eigenvalue weighted by molar-refractivity contribution is 7.17. The maximum Gasteiger partial charge on any atom is 0.227 e. The summed E-state index contributed by atoms with van der Waals surface area (Å²) in [6, 6.07) is 17.1. The molecule has 5 rings (SSSR count). The SMILES string of the molecule is Cc1ccc2c(n1)oc1c(-c3ccc4c(C)csc4c3)cccc12. The molecule has 5 aromatic rings. The number of nitrogens with zero attached hydrogens (tertiary/aromatic N) is 1. The van der Waals surface area contributed by atoms with Crippen LogP contribution in [0.4, 0.5) is 0 Å². The van der Waals surface area contributed by atoms with E-state index in [1.54, 1.807) is 11.3 Å². The Labute approximate surface area is 143 Å². The van der Waals surface area contributed by atoms with Crippen molar-refractivity contribution in [1.82, 2.24) is 4.98 Å². The number of thiophene rings is 1. The molecule has 2 nitrogen and oxygen atoms in total. The van der Waals surface area contributed by atoms with Gasteiger partial charge in [-0.3, -0.25) is 0 Å². The van der Waals surface area contributed by atoms with Gasteiger partial charge in [-0.15, -0.1) is 11.3 Å². The molecule has 0 spiro atoms. The highest BCUT2D eigenvalue weighted by Crippen LogP contribution is 2.37. The zero-order chi connectivity index (χ0) is 16.3. The molecule has 3 heterocycles. The van der Waals surface area contributed by atoms with Gasteiger partial charge < -0.3 is 4.42 Å². The molecule has 3 heteroatoms.